The second-order valence-electron chi connectivity index (χ2n) is 5.98. The number of nitrogens with zero attached hydrogens (tertiary/aromatic N) is 3. The maximum absolute atomic E-state index is 12.1. The van der Waals surface area contributed by atoms with E-state index in [9.17, 15) is 9.59 Å². The average Bonchev–Trinajstić information content (AvgIpc) is 3.04. The molecule has 2 aliphatic rings. The SMILES string of the molecule is COCCNC(=O)CN1CCN(CC(=O)N2CCCC2)CC1. The van der Waals surface area contributed by atoms with E-state index in [2.05, 4.69) is 15.1 Å². The number of ether oxygens (including phenoxy) is 1. The summed E-state index contributed by atoms with van der Waals surface area (Å²) in [5.74, 6) is 0.293. The van der Waals surface area contributed by atoms with Crippen molar-refractivity contribution in [2.24, 2.45) is 0 Å². The highest BCUT2D eigenvalue weighted by Crippen LogP contribution is 2.09. The van der Waals surface area contributed by atoms with Crippen LogP contribution in [0.4, 0.5) is 0 Å². The van der Waals surface area contributed by atoms with Crippen LogP contribution in [0.2, 0.25) is 0 Å². The molecule has 0 radical (unpaired) electrons. The minimum atomic E-state index is 0.0404. The molecule has 0 aromatic heterocycles. The second-order valence-corrected chi connectivity index (χ2v) is 5.98. The summed E-state index contributed by atoms with van der Waals surface area (Å²) in [4.78, 5) is 30.2. The second kappa shape index (κ2) is 9.07. The Balaban J connectivity index is 1.60. The molecule has 0 unspecified atom stereocenters. The summed E-state index contributed by atoms with van der Waals surface area (Å²) in [5.41, 5.74) is 0. The van der Waals surface area contributed by atoms with Crippen molar-refractivity contribution in [1.82, 2.24) is 20.0 Å². The molecule has 0 atom stereocenters. The predicted octanol–water partition coefficient (Wildman–Crippen LogP) is -1.01. The van der Waals surface area contributed by atoms with Crippen molar-refractivity contribution < 1.29 is 14.3 Å². The Morgan fingerprint density at radius 2 is 1.55 bits per heavy atom. The Morgan fingerprint density at radius 1 is 0.955 bits per heavy atom. The van der Waals surface area contributed by atoms with Gasteiger partial charge in [-0.05, 0) is 12.8 Å². The Bertz CT molecular complexity index is 364. The van der Waals surface area contributed by atoms with Crippen LogP contribution < -0.4 is 5.32 Å². The van der Waals surface area contributed by atoms with E-state index < -0.39 is 0 Å². The summed E-state index contributed by atoms with van der Waals surface area (Å²) in [7, 11) is 1.62. The van der Waals surface area contributed by atoms with Crippen molar-refractivity contribution in [2.75, 3.05) is 72.6 Å². The summed E-state index contributed by atoms with van der Waals surface area (Å²) >= 11 is 0. The molecule has 0 bridgehead atoms. The number of hydrogen-bond donors (Lipinski definition) is 1. The molecule has 1 N–H and O–H groups in total. The number of likely N-dealkylation sites (tertiary alicyclic amines) is 1. The molecule has 7 nitrogen and oxygen atoms in total. The molecule has 0 aromatic carbocycles. The topological polar surface area (TPSA) is 65.1 Å². The Kier molecular flexibility index (Phi) is 7.08. The van der Waals surface area contributed by atoms with Crippen LogP contribution in [0.1, 0.15) is 12.8 Å². The molecule has 0 spiro atoms. The van der Waals surface area contributed by atoms with Gasteiger partial charge in [-0.3, -0.25) is 19.4 Å². The highest BCUT2D eigenvalue weighted by molar-refractivity contribution is 5.78. The molecule has 0 aliphatic carbocycles. The Hall–Kier alpha value is -1.18. The van der Waals surface area contributed by atoms with Gasteiger partial charge < -0.3 is 15.0 Å². The van der Waals surface area contributed by atoms with Crippen LogP contribution in [0.3, 0.4) is 0 Å². The first-order valence-corrected chi connectivity index (χ1v) is 8.17. The highest BCUT2D eigenvalue weighted by atomic mass is 16.5. The van der Waals surface area contributed by atoms with E-state index in [0.29, 0.717) is 26.2 Å². The van der Waals surface area contributed by atoms with Gasteiger partial charge in [-0.25, -0.2) is 0 Å². The highest BCUT2D eigenvalue weighted by Gasteiger charge is 2.23. The van der Waals surface area contributed by atoms with E-state index in [1.165, 1.54) is 0 Å². The molecule has 0 aromatic rings. The van der Waals surface area contributed by atoms with Crippen molar-refractivity contribution >= 4 is 11.8 Å². The number of hydrogen-bond acceptors (Lipinski definition) is 5. The normalized spacial score (nSPS) is 20.3. The number of nitrogens with one attached hydrogen (secondary N) is 1. The summed E-state index contributed by atoms with van der Waals surface area (Å²) in [6.45, 7) is 7.26. The van der Waals surface area contributed by atoms with Crippen LogP contribution in [0, 0.1) is 0 Å². The molecule has 2 fully saturated rings. The van der Waals surface area contributed by atoms with Crippen LogP contribution in [-0.4, -0.2) is 99.1 Å². The third-order valence-corrected chi connectivity index (χ3v) is 4.28. The number of amides is 2. The van der Waals surface area contributed by atoms with Crippen molar-refractivity contribution in [2.45, 2.75) is 12.8 Å². The lowest BCUT2D eigenvalue weighted by atomic mass is 10.3. The molecular formula is C15H28N4O3. The van der Waals surface area contributed by atoms with E-state index in [1.807, 2.05) is 4.90 Å². The molecular weight excluding hydrogens is 284 g/mol. The van der Waals surface area contributed by atoms with Gasteiger partial charge in [0.15, 0.2) is 0 Å². The van der Waals surface area contributed by atoms with Gasteiger partial charge in [0.05, 0.1) is 19.7 Å². The number of rotatable bonds is 7. The molecule has 0 saturated carbocycles. The number of piperazine rings is 1. The summed E-state index contributed by atoms with van der Waals surface area (Å²) in [5, 5.41) is 2.83. The molecule has 2 amide bonds. The van der Waals surface area contributed by atoms with Crippen molar-refractivity contribution in [1.29, 1.82) is 0 Å². The largest absolute Gasteiger partial charge is 0.383 e. The van der Waals surface area contributed by atoms with Crippen molar-refractivity contribution in [3.8, 4) is 0 Å². The number of carbonyl (C=O) groups is 2. The third kappa shape index (κ3) is 5.55. The first-order valence-electron chi connectivity index (χ1n) is 8.17. The molecule has 2 aliphatic heterocycles. The van der Waals surface area contributed by atoms with Crippen LogP contribution >= 0.6 is 0 Å². The number of methoxy groups -OCH3 is 1. The lowest BCUT2D eigenvalue weighted by molar-refractivity contribution is -0.132. The van der Waals surface area contributed by atoms with Crippen molar-refractivity contribution in [3.05, 3.63) is 0 Å². The standard InChI is InChI=1S/C15H28N4O3/c1-22-11-4-16-14(20)12-17-7-9-18(10-8-17)13-15(21)19-5-2-3-6-19/h2-13H2,1H3,(H,16,20). The van der Waals surface area contributed by atoms with Gasteiger partial charge in [-0.2, -0.15) is 0 Å². The lowest BCUT2D eigenvalue weighted by Gasteiger charge is -2.34. The maximum Gasteiger partial charge on any atom is 0.236 e. The Labute approximate surface area is 132 Å². The smallest absolute Gasteiger partial charge is 0.236 e. The van der Waals surface area contributed by atoms with Crippen molar-refractivity contribution in [3.63, 3.8) is 0 Å². The van der Waals surface area contributed by atoms with E-state index in [-0.39, 0.29) is 11.8 Å². The van der Waals surface area contributed by atoms with Crippen LogP contribution in [0.15, 0.2) is 0 Å². The minimum Gasteiger partial charge on any atom is -0.383 e. The molecule has 2 saturated heterocycles. The Morgan fingerprint density at radius 3 is 2.14 bits per heavy atom. The molecule has 22 heavy (non-hydrogen) atoms. The third-order valence-electron chi connectivity index (χ3n) is 4.28. The minimum absolute atomic E-state index is 0.0404. The quantitative estimate of drug-likeness (QED) is 0.610. The van der Waals surface area contributed by atoms with Gasteiger partial charge in [0, 0.05) is 52.9 Å². The van der Waals surface area contributed by atoms with Gasteiger partial charge in [-0.1, -0.05) is 0 Å². The van der Waals surface area contributed by atoms with E-state index in [0.717, 1.165) is 52.1 Å². The van der Waals surface area contributed by atoms with E-state index >= 15 is 0 Å². The molecule has 7 heteroatoms. The van der Waals surface area contributed by atoms with Gasteiger partial charge in [0.1, 0.15) is 0 Å². The maximum atomic E-state index is 12.1. The fourth-order valence-electron chi connectivity index (χ4n) is 2.91. The molecule has 2 heterocycles. The summed E-state index contributed by atoms with van der Waals surface area (Å²) < 4.78 is 4.90. The van der Waals surface area contributed by atoms with Gasteiger partial charge in [-0.15, -0.1) is 0 Å². The van der Waals surface area contributed by atoms with E-state index in [4.69, 9.17) is 4.74 Å². The van der Waals surface area contributed by atoms with Gasteiger partial charge >= 0.3 is 0 Å². The fourth-order valence-corrected chi connectivity index (χ4v) is 2.91. The summed E-state index contributed by atoms with van der Waals surface area (Å²) in [6.07, 6.45) is 2.27. The molecule has 2 rings (SSSR count). The van der Waals surface area contributed by atoms with Crippen LogP contribution in [0.5, 0.6) is 0 Å². The van der Waals surface area contributed by atoms with Crippen LogP contribution in [0.25, 0.3) is 0 Å². The predicted molar refractivity (Wildman–Crippen MR) is 83.6 cm³/mol. The zero-order valence-electron chi connectivity index (χ0n) is 13.6. The van der Waals surface area contributed by atoms with Gasteiger partial charge in [0.2, 0.25) is 11.8 Å². The fraction of sp³-hybridized carbons (Fsp3) is 0.867. The van der Waals surface area contributed by atoms with Gasteiger partial charge in [0.25, 0.3) is 0 Å². The first kappa shape index (κ1) is 17.2. The summed E-state index contributed by atoms with van der Waals surface area (Å²) in [6, 6.07) is 0. The zero-order valence-corrected chi connectivity index (χ0v) is 13.6. The van der Waals surface area contributed by atoms with E-state index in [1.54, 1.807) is 7.11 Å². The average molecular weight is 312 g/mol. The monoisotopic (exact) mass is 312 g/mol. The number of carbonyl (C=O) groups excluding carboxylic acids is 2. The zero-order chi connectivity index (χ0) is 15.8. The first-order chi connectivity index (χ1) is 10.7. The lowest BCUT2D eigenvalue weighted by Crippen LogP contribution is -2.51. The molecule has 126 valence electrons. The van der Waals surface area contributed by atoms with Crippen LogP contribution in [-0.2, 0) is 14.3 Å².